The number of nitrogens with zero attached hydrogens (tertiary/aromatic N) is 2. The number of nitrogens with one attached hydrogen (secondary N) is 1. The van der Waals surface area contributed by atoms with Gasteiger partial charge in [-0.3, -0.25) is 9.59 Å². The van der Waals surface area contributed by atoms with Gasteiger partial charge in [0.2, 0.25) is 5.91 Å². The van der Waals surface area contributed by atoms with Gasteiger partial charge in [-0.05, 0) is 54.4 Å². The summed E-state index contributed by atoms with van der Waals surface area (Å²) >= 11 is 0. The van der Waals surface area contributed by atoms with Gasteiger partial charge in [-0.2, -0.15) is 5.10 Å². The van der Waals surface area contributed by atoms with Crippen LogP contribution < -0.4 is 14.8 Å². The third-order valence-electron chi connectivity index (χ3n) is 5.76. The normalized spacial score (nSPS) is 15.6. The number of methoxy groups -OCH3 is 2. The summed E-state index contributed by atoms with van der Waals surface area (Å²) in [6, 6.07) is 16.3. The number of ether oxygens (including phenoxy) is 2. The van der Waals surface area contributed by atoms with Crippen molar-refractivity contribution in [3.8, 4) is 11.5 Å². The minimum atomic E-state index is -0.337. The zero-order valence-corrected chi connectivity index (χ0v) is 19.4. The zero-order valence-electron chi connectivity index (χ0n) is 19.4. The molecule has 4 rings (SSSR count). The summed E-state index contributed by atoms with van der Waals surface area (Å²) in [7, 11) is 3.19. The summed E-state index contributed by atoms with van der Waals surface area (Å²) in [4.78, 5) is 25.2. The van der Waals surface area contributed by atoms with E-state index in [4.69, 9.17) is 19.0 Å². The van der Waals surface area contributed by atoms with E-state index in [0.717, 1.165) is 23.3 Å². The number of benzene rings is 2. The first-order chi connectivity index (χ1) is 16.5. The second kappa shape index (κ2) is 10.2. The first-order valence-electron chi connectivity index (χ1n) is 11.1. The van der Waals surface area contributed by atoms with Crippen molar-refractivity contribution in [1.82, 2.24) is 5.01 Å². The van der Waals surface area contributed by atoms with Gasteiger partial charge in [0.25, 0.3) is 5.91 Å². The van der Waals surface area contributed by atoms with Gasteiger partial charge in [0.1, 0.15) is 0 Å². The van der Waals surface area contributed by atoms with Crippen LogP contribution in [0.1, 0.15) is 41.4 Å². The lowest BCUT2D eigenvalue weighted by atomic mass is 9.89. The van der Waals surface area contributed by atoms with Gasteiger partial charge in [0.05, 0.1) is 32.7 Å². The van der Waals surface area contributed by atoms with Crippen LogP contribution in [-0.2, 0) is 11.3 Å². The average molecular weight is 462 g/mol. The summed E-state index contributed by atoms with van der Waals surface area (Å²) in [6.45, 7) is 2.34. The Hall–Kier alpha value is -4.07. The smallest absolute Gasteiger partial charge is 0.291 e. The Bertz CT molecular complexity index is 1200. The van der Waals surface area contributed by atoms with Crippen molar-refractivity contribution in [2.75, 3.05) is 19.5 Å². The highest BCUT2D eigenvalue weighted by Gasteiger charge is 2.29. The highest BCUT2D eigenvalue weighted by molar-refractivity contribution is 6.06. The van der Waals surface area contributed by atoms with Crippen LogP contribution in [0.3, 0.4) is 0 Å². The second-order valence-corrected chi connectivity index (χ2v) is 7.95. The average Bonchev–Trinajstić information content (AvgIpc) is 3.40. The molecule has 176 valence electrons. The molecule has 8 nitrogen and oxygen atoms in total. The van der Waals surface area contributed by atoms with Crippen molar-refractivity contribution in [3.05, 3.63) is 77.7 Å². The van der Waals surface area contributed by atoms with Crippen molar-refractivity contribution in [1.29, 1.82) is 0 Å². The lowest BCUT2D eigenvalue weighted by Crippen LogP contribution is -2.36. The van der Waals surface area contributed by atoms with Crippen LogP contribution in [-0.4, -0.2) is 36.8 Å². The standard InChI is InChI=1S/C26H27N3O5/c1-4-18-15-24(30)29(28-25(18)19-10-11-21(32-2)23(14-19)33-3)16-17-7-5-8-20(13-17)27-26(31)22-9-6-12-34-22/h5-14,18H,4,15-16H2,1-3H3,(H,27,31). The van der Waals surface area contributed by atoms with Crippen molar-refractivity contribution >= 4 is 23.2 Å². The molecule has 0 saturated heterocycles. The Morgan fingerprint density at radius 2 is 1.94 bits per heavy atom. The molecule has 1 aromatic heterocycles. The largest absolute Gasteiger partial charge is 0.493 e. The predicted octanol–water partition coefficient (Wildman–Crippen LogP) is 4.71. The molecule has 0 saturated carbocycles. The van der Waals surface area contributed by atoms with Gasteiger partial charge in [0, 0.05) is 23.6 Å². The molecule has 2 aromatic carbocycles. The summed E-state index contributed by atoms with van der Waals surface area (Å²) in [5.41, 5.74) is 3.18. The van der Waals surface area contributed by atoms with Gasteiger partial charge in [-0.1, -0.05) is 19.1 Å². The van der Waals surface area contributed by atoms with E-state index in [0.29, 0.717) is 23.6 Å². The van der Waals surface area contributed by atoms with E-state index in [1.807, 2.05) is 36.4 Å². The third-order valence-corrected chi connectivity index (χ3v) is 5.76. The highest BCUT2D eigenvalue weighted by atomic mass is 16.5. The molecule has 2 amide bonds. The molecule has 0 bridgehead atoms. The van der Waals surface area contributed by atoms with Crippen LogP contribution in [0.2, 0.25) is 0 Å². The molecule has 1 N–H and O–H groups in total. The Morgan fingerprint density at radius 3 is 2.65 bits per heavy atom. The predicted molar refractivity (Wildman–Crippen MR) is 128 cm³/mol. The van der Waals surface area contributed by atoms with Gasteiger partial charge >= 0.3 is 0 Å². The number of hydrogen-bond donors (Lipinski definition) is 1. The molecule has 3 aromatic rings. The molecular weight excluding hydrogens is 434 g/mol. The lowest BCUT2D eigenvalue weighted by Gasteiger charge is -2.29. The van der Waals surface area contributed by atoms with E-state index in [1.165, 1.54) is 11.3 Å². The number of hydrazone groups is 1. The first kappa shape index (κ1) is 23.1. The molecule has 1 unspecified atom stereocenters. The molecule has 1 aliphatic heterocycles. The van der Waals surface area contributed by atoms with Crippen LogP contribution in [0.5, 0.6) is 11.5 Å². The second-order valence-electron chi connectivity index (χ2n) is 7.95. The van der Waals surface area contributed by atoms with E-state index in [2.05, 4.69) is 12.2 Å². The summed E-state index contributed by atoms with van der Waals surface area (Å²) < 4.78 is 15.9. The van der Waals surface area contributed by atoms with E-state index in [1.54, 1.807) is 32.4 Å². The van der Waals surface area contributed by atoms with Crippen molar-refractivity contribution in [2.45, 2.75) is 26.3 Å². The van der Waals surface area contributed by atoms with E-state index in [-0.39, 0.29) is 30.0 Å². The quantitative estimate of drug-likeness (QED) is 0.524. The van der Waals surface area contributed by atoms with E-state index >= 15 is 0 Å². The van der Waals surface area contributed by atoms with Crippen LogP contribution in [0.15, 0.2) is 70.4 Å². The monoisotopic (exact) mass is 461 g/mol. The Labute approximate surface area is 198 Å². The molecule has 8 heteroatoms. The van der Waals surface area contributed by atoms with Crippen LogP contribution in [0.25, 0.3) is 0 Å². The minimum Gasteiger partial charge on any atom is -0.493 e. The molecule has 0 aliphatic carbocycles. The molecule has 2 heterocycles. The maximum absolute atomic E-state index is 12.9. The van der Waals surface area contributed by atoms with Gasteiger partial charge in [0.15, 0.2) is 17.3 Å². The number of rotatable bonds is 8. The fourth-order valence-corrected chi connectivity index (χ4v) is 3.95. The molecular formula is C26H27N3O5. The summed E-state index contributed by atoms with van der Waals surface area (Å²) in [5.74, 6) is 1.11. The number of carbonyl (C=O) groups excluding carboxylic acids is 2. The maximum Gasteiger partial charge on any atom is 0.291 e. The van der Waals surface area contributed by atoms with E-state index < -0.39 is 0 Å². The number of carbonyl (C=O) groups is 2. The number of hydrogen-bond acceptors (Lipinski definition) is 6. The molecule has 0 spiro atoms. The topological polar surface area (TPSA) is 93.4 Å². The van der Waals surface area contributed by atoms with Crippen LogP contribution in [0.4, 0.5) is 5.69 Å². The fourth-order valence-electron chi connectivity index (χ4n) is 3.95. The van der Waals surface area contributed by atoms with Crippen LogP contribution in [0, 0.1) is 5.92 Å². The van der Waals surface area contributed by atoms with Crippen molar-refractivity contribution in [3.63, 3.8) is 0 Å². The Kier molecular flexibility index (Phi) is 6.96. The highest BCUT2D eigenvalue weighted by Crippen LogP contribution is 2.31. The molecule has 1 atom stereocenters. The summed E-state index contributed by atoms with van der Waals surface area (Å²) in [5, 5.41) is 9.05. The Morgan fingerprint density at radius 1 is 1.12 bits per heavy atom. The number of anilines is 1. The van der Waals surface area contributed by atoms with Crippen molar-refractivity contribution in [2.24, 2.45) is 11.0 Å². The first-order valence-corrected chi connectivity index (χ1v) is 11.1. The van der Waals surface area contributed by atoms with Crippen molar-refractivity contribution < 1.29 is 23.5 Å². The molecule has 0 radical (unpaired) electrons. The molecule has 34 heavy (non-hydrogen) atoms. The third kappa shape index (κ3) is 4.96. The SMILES string of the molecule is CCC1CC(=O)N(Cc2cccc(NC(=O)c3ccco3)c2)N=C1c1ccc(OC)c(OC)c1. The fraction of sp³-hybridized carbons (Fsp3) is 0.269. The summed E-state index contributed by atoms with van der Waals surface area (Å²) in [6.07, 6.45) is 2.62. The van der Waals surface area contributed by atoms with Gasteiger partial charge in [-0.25, -0.2) is 5.01 Å². The number of amides is 2. The number of furan rings is 1. The molecule has 0 fully saturated rings. The van der Waals surface area contributed by atoms with Gasteiger partial charge < -0.3 is 19.2 Å². The maximum atomic E-state index is 12.9. The zero-order chi connectivity index (χ0) is 24.1. The molecule has 1 aliphatic rings. The van der Waals surface area contributed by atoms with Crippen LogP contribution >= 0.6 is 0 Å². The Balaban J connectivity index is 1.58. The minimum absolute atomic E-state index is 0.0146. The van der Waals surface area contributed by atoms with Gasteiger partial charge in [-0.15, -0.1) is 0 Å². The lowest BCUT2D eigenvalue weighted by molar-refractivity contribution is -0.133. The van der Waals surface area contributed by atoms with E-state index in [9.17, 15) is 9.59 Å².